The fourth-order valence-electron chi connectivity index (χ4n) is 2.73. The van der Waals surface area contributed by atoms with Crippen molar-refractivity contribution in [3.63, 3.8) is 0 Å². The molecule has 0 amide bonds. The highest BCUT2D eigenvalue weighted by molar-refractivity contribution is 7.98. The molecule has 0 aliphatic heterocycles. The minimum atomic E-state index is 0.127. The van der Waals surface area contributed by atoms with E-state index < -0.39 is 0 Å². The van der Waals surface area contributed by atoms with Gasteiger partial charge >= 0.3 is 0 Å². The predicted octanol–water partition coefficient (Wildman–Crippen LogP) is 4.87. The number of hydrogen-bond donors (Lipinski definition) is 1. The number of nitrogens with zero attached hydrogens (tertiary/aromatic N) is 3. The lowest BCUT2D eigenvalue weighted by atomic mass is 9.87. The van der Waals surface area contributed by atoms with Crippen LogP contribution >= 0.6 is 11.8 Å². The monoisotopic (exact) mass is 366 g/mol. The molecule has 3 rings (SSSR count). The summed E-state index contributed by atoms with van der Waals surface area (Å²) in [5.74, 6) is 7.76. The normalized spacial score (nSPS) is 11.7. The van der Waals surface area contributed by atoms with Crippen LogP contribution in [0.3, 0.4) is 0 Å². The van der Waals surface area contributed by atoms with Crippen LogP contribution in [-0.4, -0.2) is 14.9 Å². The van der Waals surface area contributed by atoms with Gasteiger partial charge in [-0.2, -0.15) is 0 Å². The van der Waals surface area contributed by atoms with Crippen LogP contribution < -0.4 is 5.84 Å². The third kappa shape index (κ3) is 3.93. The van der Waals surface area contributed by atoms with Gasteiger partial charge in [-0.1, -0.05) is 75.0 Å². The molecule has 2 aromatic carbocycles. The summed E-state index contributed by atoms with van der Waals surface area (Å²) in [5, 5.41) is 9.28. The summed E-state index contributed by atoms with van der Waals surface area (Å²) >= 11 is 1.60. The zero-order chi connectivity index (χ0) is 18.9. The maximum atomic E-state index is 6.25. The highest BCUT2D eigenvalue weighted by atomic mass is 32.2. The van der Waals surface area contributed by atoms with Crippen LogP contribution in [0.1, 0.15) is 43.0 Å². The van der Waals surface area contributed by atoms with Gasteiger partial charge in [0, 0.05) is 11.3 Å². The first-order chi connectivity index (χ1) is 12.3. The second-order valence-electron chi connectivity index (χ2n) is 7.71. The number of thioether (sulfide) groups is 1. The molecule has 2 N–H and O–H groups in total. The average molecular weight is 367 g/mol. The highest BCUT2D eigenvalue weighted by Crippen LogP contribution is 2.27. The van der Waals surface area contributed by atoms with E-state index in [0.29, 0.717) is 5.82 Å². The van der Waals surface area contributed by atoms with Crippen molar-refractivity contribution >= 4 is 11.8 Å². The predicted molar refractivity (Wildman–Crippen MR) is 110 cm³/mol. The largest absolute Gasteiger partial charge is 0.335 e. The van der Waals surface area contributed by atoms with Gasteiger partial charge in [0.1, 0.15) is 0 Å². The van der Waals surface area contributed by atoms with Crippen LogP contribution in [0, 0.1) is 13.8 Å². The second kappa shape index (κ2) is 7.16. The van der Waals surface area contributed by atoms with E-state index in [9.17, 15) is 0 Å². The van der Waals surface area contributed by atoms with Gasteiger partial charge in [0.2, 0.25) is 5.16 Å². The molecule has 0 radical (unpaired) electrons. The van der Waals surface area contributed by atoms with E-state index >= 15 is 0 Å². The topological polar surface area (TPSA) is 56.7 Å². The van der Waals surface area contributed by atoms with Crippen LogP contribution in [0.5, 0.6) is 0 Å². The third-order valence-corrected chi connectivity index (χ3v) is 5.63. The van der Waals surface area contributed by atoms with Crippen LogP contribution in [0.25, 0.3) is 11.4 Å². The summed E-state index contributed by atoms with van der Waals surface area (Å²) in [7, 11) is 0. The van der Waals surface area contributed by atoms with Gasteiger partial charge < -0.3 is 5.84 Å². The lowest BCUT2D eigenvalue weighted by molar-refractivity contribution is 0.590. The Morgan fingerprint density at radius 3 is 2.27 bits per heavy atom. The van der Waals surface area contributed by atoms with Gasteiger partial charge in [0.15, 0.2) is 5.82 Å². The van der Waals surface area contributed by atoms with E-state index in [-0.39, 0.29) is 5.41 Å². The van der Waals surface area contributed by atoms with E-state index in [1.807, 2.05) is 0 Å². The van der Waals surface area contributed by atoms with E-state index in [1.54, 1.807) is 16.4 Å². The standard InChI is InChI=1S/C21H26N4S/c1-14-6-7-16(12-15(14)2)13-26-20-24-23-19(25(20)22)17-8-10-18(11-9-17)21(3,4)5/h6-12H,13,22H2,1-5H3. The molecule has 0 bridgehead atoms. The Labute approximate surface area is 159 Å². The molecule has 136 valence electrons. The van der Waals surface area contributed by atoms with Crippen molar-refractivity contribution in [2.75, 3.05) is 5.84 Å². The molecule has 0 fully saturated rings. The first-order valence-corrected chi connectivity index (χ1v) is 9.74. The molecule has 0 aliphatic carbocycles. The summed E-state index contributed by atoms with van der Waals surface area (Å²) in [6.07, 6.45) is 0. The quantitative estimate of drug-likeness (QED) is 0.529. The minimum Gasteiger partial charge on any atom is -0.335 e. The van der Waals surface area contributed by atoms with Crippen LogP contribution in [-0.2, 0) is 11.2 Å². The zero-order valence-electron chi connectivity index (χ0n) is 16.1. The number of aromatic nitrogens is 3. The van der Waals surface area contributed by atoms with Crippen molar-refractivity contribution in [3.8, 4) is 11.4 Å². The molecule has 0 unspecified atom stereocenters. The molecule has 1 aromatic heterocycles. The minimum absolute atomic E-state index is 0.127. The van der Waals surface area contributed by atoms with Crippen molar-refractivity contribution < 1.29 is 0 Å². The van der Waals surface area contributed by atoms with E-state index in [1.165, 1.54) is 22.3 Å². The van der Waals surface area contributed by atoms with Crippen molar-refractivity contribution in [2.45, 2.75) is 50.9 Å². The van der Waals surface area contributed by atoms with Crippen molar-refractivity contribution in [1.29, 1.82) is 0 Å². The van der Waals surface area contributed by atoms with Gasteiger partial charge in [0.05, 0.1) is 0 Å². The van der Waals surface area contributed by atoms with Gasteiger partial charge in [-0.3, -0.25) is 0 Å². The molecule has 0 atom stereocenters. The Kier molecular flexibility index (Phi) is 5.10. The molecule has 0 saturated carbocycles. The van der Waals surface area contributed by atoms with Gasteiger partial charge in [-0.05, 0) is 41.5 Å². The number of nitrogens with two attached hydrogens (primary N) is 1. The van der Waals surface area contributed by atoms with Crippen LogP contribution in [0.15, 0.2) is 47.6 Å². The summed E-state index contributed by atoms with van der Waals surface area (Å²) in [5.41, 5.74) is 6.26. The zero-order valence-corrected chi connectivity index (χ0v) is 16.9. The Morgan fingerprint density at radius 2 is 1.65 bits per heavy atom. The average Bonchev–Trinajstić information content (AvgIpc) is 2.96. The maximum Gasteiger partial charge on any atom is 0.210 e. The Balaban J connectivity index is 1.76. The molecule has 1 heterocycles. The summed E-state index contributed by atoms with van der Waals surface area (Å²) < 4.78 is 1.58. The summed E-state index contributed by atoms with van der Waals surface area (Å²) in [6.45, 7) is 10.9. The SMILES string of the molecule is Cc1ccc(CSc2nnc(-c3ccc(C(C)(C)C)cc3)n2N)cc1C. The van der Waals surface area contributed by atoms with E-state index in [2.05, 4.69) is 87.3 Å². The number of aryl methyl sites for hydroxylation is 2. The number of benzene rings is 2. The van der Waals surface area contributed by atoms with Gasteiger partial charge in [-0.15, -0.1) is 10.2 Å². The number of hydrogen-bond acceptors (Lipinski definition) is 4. The maximum absolute atomic E-state index is 6.25. The van der Waals surface area contributed by atoms with Crippen molar-refractivity contribution in [3.05, 3.63) is 64.7 Å². The molecular formula is C21H26N4S. The molecule has 26 heavy (non-hydrogen) atoms. The molecule has 0 spiro atoms. The highest BCUT2D eigenvalue weighted by Gasteiger charge is 2.16. The number of nitrogen functional groups attached to an aromatic ring is 1. The van der Waals surface area contributed by atoms with Crippen LogP contribution in [0.2, 0.25) is 0 Å². The lowest BCUT2D eigenvalue weighted by Gasteiger charge is -2.19. The molecular weight excluding hydrogens is 340 g/mol. The van der Waals surface area contributed by atoms with Gasteiger partial charge in [-0.25, -0.2) is 4.68 Å². The summed E-state index contributed by atoms with van der Waals surface area (Å²) in [4.78, 5) is 0. The smallest absolute Gasteiger partial charge is 0.210 e. The summed E-state index contributed by atoms with van der Waals surface area (Å²) in [6, 6.07) is 14.9. The third-order valence-electron chi connectivity index (χ3n) is 4.61. The lowest BCUT2D eigenvalue weighted by Crippen LogP contribution is -2.12. The Hall–Kier alpha value is -2.27. The first kappa shape index (κ1) is 18.5. The fourth-order valence-corrected chi connectivity index (χ4v) is 3.53. The Bertz CT molecular complexity index is 905. The molecule has 0 saturated heterocycles. The van der Waals surface area contributed by atoms with Gasteiger partial charge in [0.25, 0.3) is 0 Å². The van der Waals surface area contributed by atoms with E-state index in [4.69, 9.17) is 5.84 Å². The van der Waals surface area contributed by atoms with Crippen LogP contribution in [0.4, 0.5) is 0 Å². The first-order valence-electron chi connectivity index (χ1n) is 8.76. The Morgan fingerprint density at radius 1 is 0.962 bits per heavy atom. The second-order valence-corrected chi connectivity index (χ2v) is 8.65. The molecule has 0 aliphatic rings. The fraction of sp³-hybridized carbons (Fsp3) is 0.333. The van der Waals surface area contributed by atoms with Crippen molar-refractivity contribution in [2.24, 2.45) is 0 Å². The molecule has 4 nitrogen and oxygen atoms in total. The number of rotatable bonds is 4. The van der Waals surface area contributed by atoms with E-state index in [0.717, 1.165) is 16.5 Å². The van der Waals surface area contributed by atoms with Crippen molar-refractivity contribution in [1.82, 2.24) is 14.9 Å². The molecule has 3 aromatic rings. The molecule has 5 heteroatoms.